The van der Waals surface area contributed by atoms with Gasteiger partial charge in [-0.25, -0.2) is 4.57 Å². The molecule has 0 atom stereocenters. The molecule has 0 radical (unpaired) electrons. The molecule has 5 rings (SSSR count). The molecular weight excluding hydrogens is 477 g/mol. The Morgan fingerprint density at radius 2 is 1.80 bits per heavy atom. The lowest BCUT2D eigenvalue weighted by Gasteiger charge is -2.14. The van der Waals surface area contributed by atoms with Crippen LogP contribution in [0.15, 0.2) is 76.7 Å². The topological polar surface area (TPSA) is 61.4 Å². The van der Waals surface area contributed by atoms with Crippen molar-refractivity contribution in [1.29, 1.82) is 0 Å². The van der Waals surface area contributed by atoms with Crippen LogP contribution in [0, 0.1) is 6.92 Å². The number of alkyl halides is 3. The third-order valence-corrected chi connectivity index (χ3v) is 6.59. The Balaban J connectivity index is 1.68. The number of fused-ring (bicyclic) bond motifs is 3. The number of halogens is 3. The second-order valence-electron chi connectivity index (χ2n) is 7.94. The molecular formula is C25H19F3N4O2S. The van der Waals surface area contributed by atoms with Gasteiger partial charge in [-0.05, 0) is 48.4 Å². The molecule has 0 unspecified atom stereocenters. The molecule has 2 heterocycles. The highest BCUT2D eigenvalue weighted by atomic mass is 32.2. The number of hydrogen-bond donors (Lipinski definition) is 0. The highest BCUT2D eigenvalue weighted by molar-refractivity contribution is 7.98. The summed E-state index contributed by atoms with van der Waals surface area (Å²) in [5.41, 5.74) is 1.57. The van der Waals surface area contributed by atoms with Gasteiger partial charge in [0.1, 0.15) is 5.75 Å². The van der Waals surface area contributed by atoms with Crippen molar-refractivity contribution < 1.29 is 17.9 Å². The predicted molar refractivity (Wildman–Crippen MR) is 128 cm³/mol. The fourth-order valence-corrected chi connectivity index (χ4v) is 4.83. The summed E-state index contributed by atoms with van der Waals surface area (Å²) in [7, 11) is 1.53. The highest BCUT2D eigenvalue weighted by Crippen LogP contribution is 2.32. The van der Waals surface area contributed by atoms with Crippen LogP contribution in [0.5, 0.6) is 5.75 Å². The lowest BCUT2D eigenvalue weighted by Crippen LogP contribution is -2.22. The minimum atomic E-state index is -4.42. The van der Waals surface area contributed by atoms with Crippen LogP contribution in [-0.4, -0.2) is 26.3 Å². The number of thioether (sulfide) groups is 1. The first-order chi connectivity index (χ1) is 16.8. The zero-order chi connectivity index (χ0) is 24.7. The van der Waals surface area contributed by atoms with Crippen molar-refractivity contribution in [2.24, 2.45) is 0 Å². The van der Waals surface area contributed by atoms with E-state index in [1.807, 2.05) is 19.1 Å². The van der Waals surface area contributed by atoms with Gasteiger partial charge in [0.05, 0.1) is 29.3 Å². The van der Waals surface area contributed by atoms with Gasteiger partial charge < -0.3 is 4.74 Å². The second-order valence-corrected chi connectivity index (χ2v) is 8.88. The van der Waals surface area contributed by atoms with Crippen LogP contribution in [-0.2, 0) is 11.9 Å². The number of hydrogen-bond acceptors (Lipinski definition) is 5. The zero-order valence-electron chi connectivity index (χ0n) is 18.7. The first-order valence-electron chi connectivity index (χ1n) is 10.6. The fourth-order valence-electron chi connectivity index (χ4n) is 3.95. The summed E-state index contributed by atoms with van der Waals surface area (Å²) < 4.78 is 48.1. The SMILES string of the molecule is COc1ccc(C)cc1-n1c(=O)c2ccccc2n2c(SCc3cccc(C(F)(F)F)c3)nnc12. The number of aromatic nitrogens is 4. The van der Waals surface area contributed by atoms with Gasteiger partial charge in [-0.1, -0.05) is 48.2 Å². The van der Waals surface area contributed by atoms with Gasteiger partial charge in [0.25, 0.3) is 5.56 Å². The van der Waals surface area contributed by atoms with E-state index in [0.717, 1.165) is 17.7 Å². The largest absolute Gasteiger partial charge is 0.495 e. The lowest BCUT2D eigenvalue weighted by molar-refractivity contribution is -0.137. The summed E-state index contributed by atoms with van der Waals surface area (Å²) >= 11 is 1.24. The van der Waals surface area contributed by atoms with E-state index in [4.69, 9.17) is 4.74 Å². The van der Waals surface area contributed by atoms with Gasteiger partial charge in [0.2, 0.25) is 5.78 Å². The minimum absolute atomic E-state index is 0.242. The monoisotopic (exact) mass is 496 g/mol. The number of aryl methyl sites for hydroxylation is 1. The molecule has 0 fully saturated rings. The Bertz CT molecular complexity index is 1630. The smallest absolute Gasteiger partial charge is 0.416 e. The van der Waals surface area contributed by atoms with Crippen molar-refractivity contribution in [3.63, 3.8) is 0 Å². The van der Waals surface area contributed by atoms with E-state index in [2.05, 4.69) is 10.2 Å². The first-order valence-corrected chi connectivity index (χ1v) is 11.6. The zero-order valence-corrected chi connectivity index (χ0v) is 19.5. The molecule has 6 nitrogen and oxygen atoms in total. The summed E-state index contributed by atoms with van der Waals surface area (Å²) in [6.45, 7) is 1.91. The van der Waals surface area contributed by atoms with Gasteiger partial charge in [-0.15, -0.1) is 10.2 Å². The maximum atomic E-state index is 13.6. The molecule has 3 aromatic carbocycles. The van der Waals surface area contributed by atoms with Crippen molar-refractivity contribution in [2.75, 3.05) is 7.11 Å². The standard InChI is InChI=1S/C25H19F3N4O2S/c1-15-10-11-21(34-2)20(12-15)31-22(33)18-8-3-4-9-19(18)32-23(31)29-30-24(32)35-14-16-6-5-7-17(13-16)25(26,27)28/h3-13H,14H2,1-2H3. The van der Waals surface area contributed by atoms with Crippen LogP contribution in [0.3, 0.4) is 0 Å². The number of methoxy groups -OCH3 is 1. The molecule has 0 aliphatic carbocycles. The average Bonchev–Trinajstić information content (AvgIpc) is 3.26. The molecule has 35 heavy (non-hydrogen) atoms. The molecule has 0 aliphatic rings. The Kier molecular flexibility index (Phi) is 5.76. The number of nitrogens with zero attached hydrogens (tertiary/aromatic N) is 4. The Morgan fingerprint density at radius 3 is 2.57 bits per heavy atom. The number of rotatable bonds is 5. The van der Waals surface area contributed by atoms with Crippen LogP contribution in [0.2, 0.25) is 0 Å². The van der Waals surface area contributed by atoms with Crippen molar-refractivity contribution in [2.45, 2.75) is 24.0 Å². The van der Waals surface area contributed by atoms with Gasteiger partial charge in [-0.2, -0.15) is 13.2 Å². The molecule has 0 saturated heterocycles. The van der Waals surface area contributed by atoms with Crippen molar-refractivity contribution in [1.82, 2.24) is 19.2 Å². The van der Waals surface area contributed by atoms with Crippen molar-refractivity contribution in [3.8, 4) is 11.4 Å². The van der Waals surface area contributed by atoms with Gasteiger partial charge in [0, 0.05) is 5.75 Å². The molecule has 0 N–H and O–H groups in total. The molecule has 0 saturated carbocycles. The number of ether oxygens (including phenoxy) is 1. The third kappa shape index (κ3) is 4.14. The number of benzene rings is 3. The highest BCUT2D eigenvalue weighted by Gasteiger charge is 2.30. The first kappa shape index (κ1) is 23.0. The maximum absolute atomic E-state index is 13.6. The van der Waals surface area contributed by atoms with E-state index in [0.29, 0.717) is 33.1 Å². The molecule has 178 valence electrons. The van der Waals surface area contributed by atoms with E-state index in [1.165, 1.54) is 29.5 Å². The molecule has 0 spiro atoms. The summed E-state index contributed by atoms with van der Waals surface area (Å²) in [4.78, 5) is 13.6. The van der Waals surface area contributed by atoms with E-state index in [1.54, 1.807) is 40.8 Å². The van der Waals surface area contributed by atoms with E-state index in [-0.39, 0.29) is 17.1 Å². The van der Waals surface area contributed by atoms with E-state index < -0.39 is 11.7 Å². The molecule has 10 heteroatoms. The van der Waals surface area contributed by atoms with Crippen LogP contribution < -0.4 is 10.3 Å². The van der Waals surface area contributed by atoms with Crippen LogP contribution >= 0.6 is 11.8 Å². The van der Waals surface area contributed by atoms with Gasteiger partial charge in [-0.3, -0.25) is 9.20 Å². The van der Waals surface area contributed by atoms with Crippen LogP contribution in [0.1, 0.15) is 16.7 Å². The maximum Gasteiger partial charge on any atom is 0.416 e. The Morgan fingerprint density at radius 1 is 1.00 bits per heavy atom. The van der Waals surface area contributed by atoms with Crippen molar-refractivity contribution >= 4 is 28.4 Å². The van der Waals surface area contributed by atoms with E-state index in [9.17, 15) is 18.0 Å². The Labute approximate surface area is 202 Å². The molecule has 2 aromatic heterocycles. The molecule has 0 aliphatic heterocycles. The van der Waals surface area contributed by atoms with Crippen LogP contribution in [0.25, 0.3) is 22.4 Å². The van der Waals surface area contributed by atoms with Crippen LogP contribution in [0.4, 0.5) is 13.2 Å². The predicted octanol–water partition coefficient (Wildman–Crippen LogP) is 5.66. The summed E-state index contributed by atoms with van der Waals surface area (Å²) in [5.74, 6) is 1.02. The van der Waals surface area contributed by atoms with Crippen molar-refractivity contribution in [3.05, 3.63) is 93.8 Å². The molecule has 0 amide bonds. The molecule has 0 bridgehead atoms. The average molecular weight is 497 g/mol. The number of para-hydroxylation sites is 1. The van der Waals surface area contributed by atoms with Gasteiger partial charge in [0.15, 0.2) is 5.16 Å². The summed E-state index contributed by atoms with van der Waals surface area (Å²) in [6.07, 6.45) is -4.42. The van der Waals surface area contributed by atoms with Gasteiger partial charge >= 0.3 is 6.18 Å². The fraction of sp³-hybridized carbons (Fsp3) is 0.160. The summed E-state index contributed by atoms with van der Waals surface area (Å²) in [5, 5.41) is 9.49. The molecule has 5 aromatic rings. The third-order valence-electron chi connectivity index (χ3n) is 5.59. The second kappa shape index (κ2) is 8.77. The minimum Gasteiger partial charge on any atom is -0.495 e. The quantitative estimate of drug-likeness (QED) is 0.294. The summed E-state index contributed by atoms with van der Waals surface area (Å²) in [6, 6.07) is 17.8. The van der Waals surface area contributed by atoms with E-state index >= 15 is 0 Å². The lowest BCUT2D eigenvalue weighted by atomic mass is 10.1. The normalized spacial score (nSPS) is 11.9. The Hall–Kier alpha value is -3.79.